The van der Waals surface area contributed by atoms with Crippen molar-refractivity contribution in [2.24, 2.45) is 50.2 Å². The predicted molar refractivity (Wildman–Crippen MR) is 240 cm³/mol. The van der Waals surface area contributed by atoms with E-state index < -0.39 is 134 Å². The Morgan fingerprint density at radius 1 is 0.652 bits per heavy atom. The van der Waals surface area contributed by atoms with E-state index in [2.05, 4.69) is 54.5 Å². The molecule has 3 saturated heterocycles. The first-order valence-electron chi connectivity index (χ1n) is 25.3. The van der Waals surface area contributed by atoms with Crippen molar-refractivity contribution in [1.82, 2.24) is 0 Å². The summed E-state index contributed by atoms with van der Waals surface area (Å²) in [5, 5.41) is 108. The number of rotatable bonds is 11. The van der Waals surface area contributed by atoms with Crippen LogP contribution < -0.4 is 0 Å². The standard InChI is InChI=1S/C50H80O19/c1-9-63-40(60)37-34(57)35(58)39(69-42-38(33(56)31(54)26(22-52)65-42)68-41-36(59)32(55)30(53)25(21-51)64-41)43(67-37)66-29-13-14-47(6)27(46(29,4)5)12-15-49(8)28(47)11-10-23-24-20-45(2,3)16-18-50(24,44(61)62)19-17-48(23,49)7/h10,24-39,41-43,51-59H,9,11-22H2,1-8H3,(H,61,62)/t24-,25+,26+,27-,28+,29-,30+,31+,32-,33-,34-,35-,36+,37-,38+,39+,41-,42-,43+,47-,48+,49+,50-/m0/s1. The van der Waals surface area contributed by atoms with Crippen LogP contribution in [0.4, 0.5) is 0 Å². The van der Waals surface area contributed by atoms with E-state index in [1.807, 2.05) is 0 Å². The van der Waals surface area contributed by atoms with Gasteiger partial charge in [0.25, 0.3) is 0 Å². The maximum absolute atomic E-state index is 13.3. The Morgan fingerprint density at radius 2 is 1.23 bits per heavy atom. The lowest BCUT2D eigenvalue weighted by molar-refractivity contribution is -0.396. The summed E-state index contributed by atoms with van der Waals surface area (Å²) in [6.07, 6.45) is -17.0. The predicted octanol–water partition coefficient (Wildman–Crippen LogP) is 1.28. The Kier molecular flexibility index (Phi) is 14.8. The molecule has 4 saturated carbocycles. The molecule has 3 aliphatic heterocycles. The van der Waals surface area contributed by atoms with Gasteiger partial charge in [-0.05, 0) is 116 Å². The second-order valence-corrected chi connectivity index (χ2v) is 23.9. The highest BCUT2D eigenvalue weighted by molar-refractivity contribution is 5.77. The van der Waals surface area contributed by atoms with Crippen LogP contribution in [0.15, 0.2) is 11.6 Å². The molecule has 8 rings (SSSR count). The maximum Gasteiger partial charge on any atom is 0.338 e. The second-order valence-electron chi connectivity index (χ2n) is 23.9. The van der Waals surface area contributed by atoms with Crippen LogP contribution in [-0.4, -0.2) is 181 Å². The summed E-state index contributed by atoms with van der Waals surface area (Å²) in [4.78, 5) is 26.5. The number of carbonyl (C=O) groups is 2. The number of hydrogen-bond acceptors (Lipinski definition) is 18. The maximum atomic E-state index is 13.3. The lowest BCUT2D eigenvalue weighted by atomic mass is 9.33. The summed E-state index contributed by atoms with van der Waals surface area (Å²) in [5.41, 5.74) is -0.412. The van der Waals surface area contributed by atoms with Gasteiger partial charge in [0.05, 0.1) is 31.3 Å². The molecule has 0 radical (unpaired) electrons. The van der Waals surface area contributed by atoms with Gasteiger partial charge in [0, 0.05) is 0 Å². The van der Waals surface area contributed by atoms with Crippen molar-refractivity contribution in [1.29, 1.82) is 0 Å². The van der Waals surface area contributed by atoms with Crippen LogP contribution in [0.1, 0.15) is 120 Å². The Morgan fingerprint density at radius 3 is 1.86 bits per heavy atom. The number of carboxylic acid groups (broad SMARTS) is 1. The fourth-order valence-electron chi connectivity index (χ4n) is 15.3. The molecule has 23 atom stereocenters. The van der Waals surface area contributed by atoms with Gasteiger partial charge >= 0.3 is 11.9 Å². The molecule has 0 aromatic carbocycles. The summed E-state index contributed by atoms with van der Waals surface area (Å²) in [6, 6.07) is 0. The van der Waals surface area contributed by atoms with E-state index in [-0.39, 0.29) is 46.0 Å². The minimum Gasteiger partial charge on any atom is -0.481 e. The van der Waals surface area contributed by atoms with Gasteiger partial charge in [-0.15, -0.1) is 0 Å². The third-order valence-corrected chi connectivity index (χ3v) is 19.6. The van der Waals surface area contributed by atoms with Crippen LogP contribution in [-0.2, 0) is 42.7 Å². The minimum absolute atomic E-state index is 0.0178. The van der Waals surface area contributed by atoms with Crippen molar-refractivity contribution in [3.63, 3.8) is 0 Å². The van der Waals surface area contributed by atoms with E-state index in [0.717, 1.165) is 44.9 Å². The van der Waals surface area contributed by atoms with Gasteiger partial charge in [0.2, 0.25) is 0 Å². The Labute approximate surface area is 404 Å². The Balaban J connectivity index is 1.08. The monoisotopic (exact) mass is 985 g/mol. The van der Waals surface area contributed by atoms with Crippen LogP contribution in [0, 0.1) is 50.2 Å². The summed E-state index contributed by atoms with van der Waals surface area (Å²) >= 11 is 0. The topological polar surface area (TPSA) is 301 Å². The molecular formula is C50H80O19. The average molecular weight is 985 g/mol. The largest absolute Gasteiger partial charge is 0.481 e. The second kappa shape index (κ2) is 19.1. The van der Waals surface area contributed by atoms with Gasteiger partial charge < -0.3 is 84.2 Å². The average Bonchev–Trinajstić information content (AvgIpc) is 3.29. The third kappa shape index (κ3) is 8.56. The molecule has 3 heterocycles. The number of carboxylic acids is 1. The number of aliphatic hydroxyl groups excluding tert-OH is 9. The Hall–Kier alpha value is -1.92. The van der Waals surface area contributed by atoms with Gasteiger partial charge in [0.15, 0.2) is 25.0 Å². The molecule has 7 fully saturated rings. The van der Waals surface area contributed by atoms with E-state index in [1.165, 1.54) is 5.57 Å². The first-order chi connectivity index (χ1) is 32.3. The van der Waals surface area contributed by atoms with Crippen LogP contribution in [0.25, 0.3) is 0 Å². The fourth-order valence-corrected chi connectivity index (χ4v) is 15.3. The molecule has 0 aromatic heterocycles. The molecule has 8 aliphatic rings. The molecule has 10 N–H and O–H groups in total. The molecule has 19 nitrogen and oxygen atoms in total. The van der Waals surface area contributed by atoms with E-state index >= 15 is 0 Å². The minimum atomic E-state index is -1.94. The zero-order valence-corrected chi connectivity index (χ0v) is 41.4. The van der Waals surface area contributed by atoms with Gasteiger partial charge in [-0.2, -0.15) is 0 Å². The number of hydrogen-bond donors (Lipinski definition) is 10. The van der Waals surface area contributed by atoms with Gasteiger partial charge in [-0.3, -0.25) is 4.79 Å². The van der Waals surface area contributed by atoms with Crippen molar-refractivity contribution in [3.8, 4) is 0 Å². The number of allylic oxidation sites excluding steroid dienone is 2. The summed E-state index contributed by atoms with van der Waals surface area (Å²) in [7, 11) is 0. The number of carbonyl (C=O) groups excluding carboxylic acids is 1. The molecule has 5 aliphatic carbocycles. The van der Waals surface area contributed by atoms with Crippen molar-refractivity contribution < 1.29 is 93.8 Å². The number of fused-ring (bicyclic) bond motifs is 7. The van der Waals surface area contributed by atoms with E-state index in [0.29, 0.717) is 19.3 Å². The fraction of sp³-hybridized carbons (Fsp3) is 0.920. The molecule has 19 heteroatoms. The highest BCUT2D eigenvalue weighted by Gasteiger charge is 2.70. The summed E-state index contributed by atoms with van der Waals surface area (Å²) in [5.74, 6) is -1.28. The number of aliphatic carboxylic acids is 1. The van der Waals surface area contributed by atoms with Gasteiger partial charge in [0.1, 0.15) is 67.1 Å². The summed E-state index contributed by atoms with van der Waals surface area (Å²) in [6.45, 7) is 16.0. The van der Waals surface area contributed by atoms with Crippen molar-refractivity contribution in [3.05, 3.63) is 11.6 Å². The Bertz CT molecular complexity index is 1910. The van der Waals surface area contributed by atoms with E-state index in [1.54, 1.807) is 6.92 Å². The quantitative estimate of drug-likeness (QED) is 0.0792. The molecule has 69 heavy (non-hydrogen) atoms. The zero-order valence-electron chi connectivity index (χ0n) is 41.4. The van der Waals surface area contributed by atoms with Crippen molar-refractivity contribution >= 4 is 11.9 Å². The number of aliphatic hydroxyl groups is 9. The SMILES string of the molecule is CCOC(=O)[C@H]1O[C@@H](O[C@H]2CC[C@]3(C)[C@H]4CC=C5[C@@H]6CC(C)(C)CC[C@]6(C(=O)O)CC[C@@]5(C)[C@]4(C)CC[C@H]3C2(C)C)[C@H](O[C@@H]2O[C@H](CO)[C@@H](O)[C@H](O)[C@H]2O[C@@H]2O[C@H](CO)[C@@H](O)[C@H](O)[C@H]2O)[C@@H](O)[C@@H]1O. The van der Waals surface area contributed by atoms with Gasteiger partial charge in [-0.25, -0.2) is 4.79 Å². The first kappa shape index (κ1) is 53.4. The highest BCUT2D eigenvalue weighted by atomic mass is 16.8. The lowest BCUT2D eigenvalue weighted by Gasteiger charge is -2.71. The molecule has 0 spiro atoms. The highest BCUT2D eigenvalue weighted by Crippen LogP contribution is 2.76. The molecular weight excluding hydrogens is 905 g/mol. The normalized spacial score (nSPS) is 51.4. The molecule has 0 aromatic rings. The van der Waals surface area contributed by atoms with Crippen LogP contribution in [0.3, 0.4) is 0 Å². The smallest absolute Gasteiger partial charge is 0.338 e. The molecule has 394 valence electrons. The number of ether oxygens (including phenoxy) is 7. The van der Waals surface area contributed by atoms with Gasteiger partial charge in [-0.1, -0.05) is 60.1 Å². The van der Waals surface area contributed by atoms with E-state index in [4.69, 9.17) is 33.2 Å². The van der Waals surface area contributed by atoms with Crippen LogP contribution in [0.5, 0.6) is 0 Å². The molecule has 0 bridgehead atoms. The first-order valence-corrected chi connectivity index (χ1v) is 25.3. The van der Waals surface area contributed by atoms with Crippen LogP contribution >= 0.6 is 0 Å². The third-order valence-electron chi connectivity index (χ3n) is 19.6. The lowest BCUT2D eigenvalue weighted by Crippen LogP contribution is -2.68. The number of esters is 1. The van der Waals surface area contributed by atoms with Crippen molar-refractivity contribution in [2.45, 2.75) is 218 Å². The van der Waals surface area contributed by atoms with E-state index in [9.17, 15) is 60.7 Å². The molecule has 0 unspecified atom stereocenters. The zero-order chi connectivity index (χ0) is 50.6. The summed E-state index contributed by atoms with van der Waals surface area (Å²) < 4.78 is 42.0. The van der Waals surface area contributed by atoms with Crippen molar-refractivity contribution in [2.75, 3.05) is 19.8 Å². The van der Waals surface area contributed by atoms with Crippen LogP contribution in [0.2, 0.25) is 0 Å². The molecule has 0 amide bonds.